The molecule has 0 aromatic rings. The first kappa shape index (κ1) is 11.4. The Balaban J connectivity index is 1.97. The molecule has 1 N–H and O–H groups in total. The second-order valence-corrected chi connectivity index (χ2v) is 5.47. The van der Waals surface area contributed by atoms with Crippen LogP contribution in [-0.2, 0) is 4.74 Å². The van der Waals surface area contributed by atoms with Crippen molar-refractivity contribution < 1.29 is 4.74 Å². The topological polar surface area (TPSA) is 21.3 Å². The molecule has 2 rings (SSSR count). The molecular weight excluding hydrogens is 186 g/mol. The number of nitrogens with one attached hydrogen (secondary N) is 1. The predicted octanol–water partition coefficient (Wildman–Crippen LogP) is 2.72. The highest BCUT2D eigenvalue weighted by molar-refractivity contribution is 4.92. The molecule has 1 saturated heterocycles. The summed E-state index contributed by atoms with van der Waals surface area (Å²) in [6.07, 6.45) is 9.40. The lowest BCUT2D eigenvalue weighted by molar-refractivity contribution is -0.119. The van der Waals surface area contributed by atoms with Crippen molar-refractivity contribution in [3.05, 3.63) is 0 Å². The van der Waals surface area contributed by atoms with Crippen molar-refractivity contribution in [3.63, 3.8) is 0 Å². The Labute approximate surface area is 93.8 Å². The summed E-state index contributed by atoms with van der Waals surface area (Å²) in [5.74, 6) is 0.808. The van der Waals surface area contributed by atoms with E-state index in [0.717, 1.165) is 12.5 Å². The van der Waals surface area contributed by atoms with Crippen LogP contribution in [-0.4, -0.2) is 25.3 Å². The van der Waals surface area contributed by atoms with Crippen molar-refractivity contribution in [1.29, 1.82) is 0 Å². The van der Waals surface area contributed by atoms with Gasteiger partial charge in [-0.15, -0.1) is 0 Å². The maximum Gasteiger partial charge on any atom is 0.0697 e. The van der Waals surface area contributed by atoms with Gasteiger partial charge in [0.2, 0.25) is 0 Å². The molecule has 1 aliphatic carbocycles. The van der Waals surface area contributed by atoms with Crippen LogP contribution >= 0.6 is 0 Å². The summed E-state index contributed by atoms with van der Waals surface area (Å²) in [5.41, 5.74) is 0.159. The molecule has 2 heteroatoms. The minimum Gasteiger partial charge on any atom is -0.375 e. The Bertz CT molecular complexity index is 201. The lowest BCUT2D eigenvalue weighted by atomic mass is 9.73. The van der Waals surface area contributed by atoms with Crippen LogP contribution in [0.2, 0.25) is 0 Å². The van der Waals surface area contributed by atoms with E-state index in [0.29, 0.717) is 6.04 Å². The molecule has 0 bridgehead atoms. The van der Waals surface area contributed by atoms with Crippen LogP contribution in [0.1, 0.15) is 51.9 Å². The highest BCUT2D eigenvalue weighted by Gasteiger charge is 2.39. The molecule has 2 atom stereocenters. The maximum absolute atomic E-state index is 6.10. The third kappa shape index (κ3) is 2.54. The molecule has 0 aromatic heterocycles. The molecule has 15 heavy (non-hydrogen) atoms. The first-order valence-corrected chi connectivity index (χ1v) is 6.56. The fraction of sp³-hybridized carbons (Fsp3) is 1.00. The van der Waals surface area contributed by atoms with Crippen molar-refractivity contribution in [1.82, 2.24) is 5.32 Å². The molecule has 0 spiro atoms. The SMILES string of the molecule is CNC1CCOC(C)(C2CCCCC2)C1. The van der Waals surface area contributed by atoms with E-state index in [1.165, 1.54) is 44.9 Å². The van der Waals surface area contributed by atoms with E-state index >= 15 is 0 Å². The highest BCUT2D eigenvalue weighted by Crippen LogP contribution is 2.40. The lowest BCUT2D eigenvalue weighted by Crippen LogP contribution is -2.49. The third-order valence-electron chi connectivity index (χ3n) is 4.43. The Morgan fingerprint density at radius 2 is 1.87 bits per heavy atom. The van der Waals surface area contributed by atoms with Crippen molar-refractivity contribution in [2.75, 3.05) is 13.7 Å². The second-order valence-electron chi connectivity index (χ2n) is 5.47. The molecule has 2 nitrogen and oxygen atoms in total. The monoisotopic (exact) mass is 211 g/mol. The molecule has 2 fully saturated rings. The largest absolute Gasteiger partial charge is 0.375 e. The van der Waals surface area contributed by atoms with Crippen LogP contribution in [0, 0.1) is 5.92 Å². The zero-order chi connectivity index (χ0) is 10.7. The van der Waals surface area contributed by atoms with E-state index in [2.05, 4.69) is 19.3 Å². The zero-order valence-corrected chi connectivity index (χ0v) is 10.2. The van der Waals surface area contributed by atoms with Gasteiger partial charge in [-0.3, -0.25) is 0 Å². The van der Waals surface area contributed by atoms with Crippen LogP contribution in [0.3, 0.4) is 0 Å². The van der Waals surface area contributed by atoms with Crippen LogP contribution in [0.5, 0.6) is 0 Å². The summed E-state index contributed by atoms with van der Waals surface area (Å²) in [5, 5.41) is 3.42. The van der Waals surface area contributed by atoms with Crippen molar-refractivity contribution in [3.8, 4) is 0 Å². The van der Waals surface area contributed by atoms with Gasteiger partial charge < -0.3 is 10.1 Å². The number of ether oxygens (including phenoxy) is 1. The van der Waals surface area contributed by atoms with Gasteiger partial charge in [-0.2, -0.15) is 0 Å². The van der Waals surface area contributed by atoms with E-state index < -0.39 is 0 Å². The predicted molar refractivity (Wildman–Crippen MR) is 63.0 cm³/mol. The zero-order valence-electron chi connectivity index (χ0n) is 10.2. The molecule has 1 saturated carbocycles. The molecule has 0 radical (unpaired) electrons. The van der Waals surface area contributed by atoms with Gasteiger partial charge in [-0.25, -0.2) is 0 Å². The van der Waals surface area contributed by atoms with Crippen LogP contribution < -0.4 is 5.32 Å². The molecular formula is C13H25NO. The van der Waals surface area contributed by atoms with E-state index in [-0.39, 0.29) is 5.60 Å². The van der Waals surface area contributed by atoms with E-state index in [1.54, 1.807) is 0 Å². The molecule has 1 heterocycles. The van der Waals surface area contributed by atoms with Gasteiger partial charge in [0.25, 0.3) is 0 Å². The Morgan fingerprint density at radius 1 is 1.13 bits per heavy atom. The highest BCUT2D eigenvalue weighted by atomic mass is 16.5. The van der Waals surface area contributed by atoms with Gasteiger partial charge in [0.1, 0.15) is 0 Å². The van der Waals surface area contributed by atoms with E-state index in [9.17, 15) is 0 Å². The van der Waals surface area contributed by atoms with Gasteiger partial charge >= 0.3 is 0 Å². The molecule has 1 aliphatic heterocycles. The van der Waals surface area contributed by atoms with Crippen molar-refractivity contribution >= 4 is 0 Å². The second kappa shape index (κ2) is 4.84. The van der Waals surface area contributed by atoms with Gasteiger partial charge in [-0.1, -0.05) is 19.3 Å². The normalized spacial score (nSPS) is 39.2. The minimum absolute atomic E-state index is 0.159. The van der Waals surface area contributed by atoms with E-state index in [1.807, 2.05) is 0 Å². The van der Waals surface area contributed by atoms with Crippen LogP contribution in [0.15, 0.2) is 0 Å². The summed E-state index contributed by atoms with van der Waals surface area (Å²) < 4.78 is 6.10. The first-order valence-electron chi connectivity index (χ1n) is 6.56. The number of hydrogen-bond donors (Lipinski definition) is 1. The maximum atomic E-state index is 6.10. The first-order chi connectivity index (χ1) is 7.24. The molecule has 88 valence electrons. The molecule has 0 amide bonds. The average molecular weight is 211 g/mol. The Morgan fingerprint density at radius 3 is 2.53 bits per heavy atom. The molecule has 2 aliphatic rings. The lowest BCUT2D eigenvalue weighted by Gasteiger charge is -2.45. The van der Waals surface area contributed by atoms with Gasteiger partial charge in [0.15, 0.2) is 0 Å². The van der Waals surface area contributed by atoms with Gasteiger partial charge in [0, 0.05) is 12.6 Å². The van der Waals surface area contributed by atoms with Crippen molar-refractivity contribution in [2.45, 2.75) is 63.5 Å². The number of hydrogen-bond acceptors (Lipinski definition) is 2. The van der Waals surface area contributed by atoms with Crippen LogP contribution in [0.25, 0.3) is 0 Å². The number of rotatable bonds is 2. The van der Waals surface area contributed by atoms with Crippen LogP contribution in [0.4, 0.5) is 0 Å². The minimum atomic E-state index is 0.159. The fourth-order valence-corrected chi connectivity index (χ4v) is 3.33. The quantitative estimate of drug-likeness (QED) is 0.758. The molecule has 2 unspecified atom stereocenters. The van der Waals surface area contributed by atoms with E-state index in [4.69, 9.17) is 4.74 Å². The standard InChI is InChI=1S/C13H25NO/c1-13(11-6-4-3-5-7-11)10-12(14-2)8-9-15-13/h11-12,14H,3-10H2,1-2H3. The summed E-state index contributed by atoms with van der Waals surface area (Å²) >= 11 is 0. The Kier molecular flexibility index (Phi) is 3.68. The average Bonchev–Trinajstić information content (AvgIpc) is 2.30. The van der Waals surface area contributed by atoms with Gasteiger partial charge in [0.05, 0.1) is 5.60 Å². The summed E-state index contributed by atoms with van der Waals surface area (Å²) in [7, 11) is 2.08. The summed E-state index contributed by atoms with van der Waals surface area (Å²) in [6, 6.07) is 0.672. The van der Waals surface area contributed by atoms with Crippen molar-refractivity contribution in [2.24, 2.45) is 5.92 Å². The third-order valence-corrected chi connectivity index (χ3v) is 4.43. The summed E-state index contributed by atoms with van der Waals surface area (Å²) in [4.78, 5) is 0. The van der Waals surface area contributed by atoms with Gasteiger partial charge in [-0.05, 0) is 45.6 Å². The fourth-order valence-electron chi connectivity index (χ4n) is 3.33. The Hall–Kier alpha value is -0.0800. The summed E-state index contributed by atoms with van der Waals surface area (Å²) in [6.45, 7) is 3.28. The molecule has 0 aromatic carbocycles. The smallest absolute Gasteiger partial charge is 0.0697 e.